The number of carboxylic acid groups (broad SMARTS) is 1. The van der Waals surface area contributed by atoms with Crippen LogP contribution in [0.25, 0.3) is 0 Å². The van der Waals surface area contributed by atoms with E-state index < -0.39 is 54.0 Å². The first kappa shape index (κ1) is 28.5. The number of hydrogen-bond donors (Lipinski definition) is 8. The second kappa shape index (κ2) is 14.5. The van der Waals surface area contributed by atoms with Crippen molar-refractivity contribution in [3.05, 3.63) is 0 Å². The van der Waals surface area contributed by atoms with Gasteiger partial charge in [0, 0.05) is 0 Å². The van der Waals surface area contributed by atoms with E-state index in [0.717, 1.165) is 0 Å². The van der Waals surface area contributed by atoms with Gasteiger partial charge < -0.3 is 31.9 Å². The monoisotopic (exact) mass is 466 g/mol. The third-order valence-corrected chi connectivity index (χ3v) is 4.73. The van der Waals surface area contributed by atoms with E-state index in [-0.39, 0.29) is 24.5 Å². The molecule has 0 heterocycles. The number of hydrogen-bond acceptors (Lipinski definition) is 8. The molecule has 0 bridgehead atoms. The summed E-state index contributed by atoms with van der Waals surface area (Å²) in [5, 5.41) is 26.4. The number of carbonyl (C=O) groups is 4. The molecule has 0 rings (SSSR count). The molecule has 30 heavy (non-hydrogen) atoms. The molecular formula is C18H34N4O6S2. The van der Waals surface area contributed by atoms with Crippen molar-refractivity contribution >= 4 is 48.9 Å². The fourth-order valence-electron chi connectivity index (χ4n) is 2.56. The lowest BCUT2D eigenvalue weighted by Crippen LogP contribution is -2.60. The van der Waals surface area contributed by atoms with E-state index in [1.165, 1.54) is 6.92 Å². The van der Waals surface area contributed by atoms with Crippen molar-refractivity contribution in [3.8, 4) is 0 Å². The summed E-state index contributed by atoms with van der Waals surface area (Å²) in [6.45, 7) is 5.00. The van der Waals surface area contributed by atoms with Crippen molar-refractivity contribution in [2.24, 2.45) is 11.7 Å². The highest BCUT2D eigenvalue weighted by Gasteiger charge is 2.32. The highest BCUT2D eigenvalue weighted by atomic mass is 32.1. The van der Waals surface area contributed by atoms with E-state index in [1.807, 2.05) is 13.8 Å². The quantitative estimate of drug-likeness (QED) is 0.150. The maximum Gasteiger partial charge on any atom is 0.326 e. The average Bonchev–Trinajstić information content (AvgIpc) is 2.64. The van der Waals surface area contributed by atoms with Gasteiger partial charge in [-0.1, -0.05) is 13.8 Å². The van der Waals surface area contributed by atoms with Gasteiger partial charge in [-0.2, -0.15) is 25.3 Å². The van der Waals surface area contributed by atoms with Gasteiger partial charge in [0.2, 0.25) is 17.7 Å². The molecule has 0 aromatic carbocycles. The molecule has 0 fully saturated rings. The Labute approximate surface area is 187 Å². The van der Waals surface area contributed by atoms with Gasteiger partial charge in [-0.3, -0.25) is 14.4 Å². The van der Waals surface area contributed by atoms with Crippen LogP contribution in [0.3, 0.4) is 0 Å². The van der Waals surface area contributed by atoms with E-state index in [0.29, 0.717) is 12.2 Å². The zero-order chi connectivity index (χ0) is 23.4. The van der Waals surface area contributed by atoms with Crippen molar-refractivity contribution in [2.45, 2.75) is 70.3 Å². The molecule has 0 aromatic heterocycles. The van der Waals surface area contributed by atoms with Gasteiger partial charge >= 0.3 is 5.97 Å². The van der Waals surface area contributed by atoms with Crippen LogP contribution in [0.4, 0.5) is 0 Å². The Morgan fingerprint density at radius 1 is 0.867 bits per heavy atom. The predicted molar refractivity (Wildman–Crippen MR) is 119 cm³/mol. The minimum Gasteiger partial charge on any atom is -0.480 e. The maximum atomic E-state index is 12.8. The standard InChI is InChI=1S/C18H34N4O6S2/c1-9(2)8-13(21-15(24)11(19)4-6-29)16(25)22-14(10(3)23)17(26)20-12(5-7-30)18(27)28/h9-14,23,29-30H,4-8,19H2,1-3H3,(H,20,26)(H,21,24)(H,22,25)(H,27,28)/t10-,11-,12+,13+,14+/m1/s1. The van der Waals surface area contributed by atoms with Crippen LogP contribution in [-0.2, 0) is 19.2 Å². The summed E-state index contributed by atoms with van der Waals surface area (Å²) in [6.07, 6.45) is -0.636. The Bertz CT molecular complexity index is 591. The number of carbonyl (C=O) groups excluding carboxylic acids is 3. The van der Waals surface area contributed by atoms with Crippen LogP contribution in [0, 0.1) is 5.92 Å². The fourth-order valence-corrected chi connectivity index (χ4v) is 3.10. The molecule has 0 aromatic rings. The minimum atomic E-state index is -1.41. The Morgan fingerprint density at radius 2 is 1.40 bits per heavy atom. The van der Waals surface area contributed by atoms with Crippen molar-refractivity contribution in [2.75, 3.05) is 11.5 Å². The largest absolute Gasteiger partial charge is 0.480 e. The molecule has 0 aliphatic heterocycles. The van der Waals surface area contributed by atoms with Gasteiger partial charge in [0.05, 0.1) is 12.1 Å². The second-order valence-corrected chi connectivity index (χ2v) is 8.34. The van der Waals surface area contributed by atoms with Crippen LogP contribution in [0.5, 0.6) is 0 Å². The Balaban J connectivity index is 5.33. The summed E-state index contributed by atoms with van der Waals surface area (Å²) in [5.41, 5.74) is 5.76. The Hall–Kier alpha value is -1.50. The lowest BCUT2D eigenvalue weighted by Gasteiger charge is -2.27. The number of nitrogens with one attached hydrogen (secondary N) is 3. The van der Waals surface area contributed by atoms with Gasteiger partial charge in [0.15, 0.2) is 0 Å². The van der Waals surface area contributed by atoms with Crippen LogP contribution in [-0.4, -0.2) is 75.7 Å². The van der Waals surface area contributed by atoms with E-state index in [1.54, 1.807) is 0 Å². The lowest BCUT2D eigenvalue weighted by molar-refractivity contribution is -0.143. The SMILES string of the molecule is CC(C)C[C@H](NC(=O)[C@H](N)CCS)C(=O)N[C@H](C(=O)N[C@@H](CCS)C(=O)O)[C@@H](C)O. The first-order chi connectivity index (χ1) is 13.9. The summed E-state index contributed by atoms with van der Waals surface area (Å²) in [5.74, 6) is -2.66. The lowest BCUT2D eigenvalue weighted by atomic mass is 10.0. The van der Waals surface area contributed by atoms with Crippen LogP contribution in [0.15, 0.2) is 0 Å². The normalized spacial score (nSPS) is 16.1. The third-order valence-electron chi connectivity index (χ3n) is 4.21. The van der Waals surface area contributed by atoms with E-state index in [2.05, 4.69) is 41.2 Å². The molecule has 5 atom stereocenters. The van der Waals surface area contributed by atoms with Gasteiger partial charge in [0.25, 0.3) is 0 Å². The number of aliphatic hydroxyl groups is 1. The second-order valence-electron chi connectivity index (χ2n) is 7.45. The van der Waals surface area contributed by atoms with Crippen LogP contribution < -0.4 is 21.7 Å². The zero-order valence-electron chi connectivity index (χ0n) is 17.5. The maximum absolute atomic E-state index is 12.8. The van der Waals surface area contributed by atoms with Crippen LogP contribution in [0.1, 0.15) is 40.0 Å². The molecular weight excluding hydrogens is 432 g/mol. The Kier molecular flexibility index (Phi) is 13.8. The smallest absolute Gasteiger partial charge is 0.326 e. The summed E-state index contributed by atoms with van der Waals surface area (Å²) in [7, 11) is 0. The number of aliphatic carboxylic acids is 1. The van der Waals surface area contributed by atoms with Crippen molar-refractivity contribution in [1.82, 2.24) is 16.0 Å². The van der Waals surface area contributed by atoms with E-state index in [4.69, 9.17) is 5.73 Å². The van der Waals surface area contributed by atoms with Crippen molar-refractivity contribution in [1.29, 1.82) is 0 Å². The molecule has 0 saturated carbocycles. The van der Waals surface area contributed by atoms with E-state index >= 15 is 0 Å². The molecule has 12 heteroatoms. The molecule has 174 valence electrons. The molecule has 0 aliphatic rings. The van der Waals surface area contributed by atoms with E-state index in [9.17, 15) is 29.4 Å². The first-order valence-electron chi connectivity index (χ1n) is 9.73. The van der Waals surface area contributed by atoms with Gasteiger partial charge in [-0.25, -0.2) is 4.79 Å². The number of aliphatic hydroxyl groups excluding tert-OH is 1. The molecule has 0 aliphatic carbocycles. The van der Waals surface area contributed by atoms with Crippen LogP contribution in [0.2, 0.25) is 0 Å². The number of carboxylic acids is 1. The molecule has 0 radical (unpaired) electrons. The Morgan fingerprint density at radius 3 is 1.83 bits per heavy atom. The van der Waals surface area contributed by atoms with Crippen molar-refractivity contribution in [3.63, 3.8) is 0 Å². The molecule has 7 N–H and O–H groups in total. The summed E-state index contributed by atoms with van der Waals surface area (Å²) < 4.78 is 0. The molecule has 0 spiro atoms. The molecule has 10 nitrogen and oxygen atoms in total. The minimum absolute atomic E-state index is 0.0350. The van der Waals surface area contributed by atoms with Gasteiger partial charge in [-0.05, 0) is 43.6 Å². The van der Waals surface area contributed by atoms with Crippen LogP contribution >= 0.6 is 25.3 Å². The zero-order valence-corrected chi connectivity index (χ0v) is 19.3. The highest BCUT2D eigenvalue weighted by molar-refractivity contribution is 7.80. The number of amides is 3. The number of rotatable bonds is 14. The summed E-state index contributed by atoms with van der Waals surface area (Å²) in [6, 6.07) is -4.43. The highest BCUT2D eigenvalue weighted by Crippen LogP contribution is 2.07. The number of thiol groups is 2. The average molecular weight is 467 g/mol. The van der Waals surface area contributed by atoms with Crippen molar-refractivity contribution < 1.29 is 29.4 Å². The summed E-state index contributed by atoms with van der Waals surface area (Å²) >= 11 is 7.99. The fraction of sp³-hybridized carbons (Fsp3) is 0.778. The van der Waals surface area contributed by atoms with Gasteiger partial charge in [0.1, 0.15) is 18.1 Å². The predicted octanol–water partition coefficient (Wildman–Crippen LogP) is -1.08. The molecule has 3 amide bonds. The summed E-state index contributed by atoms with van der Waals surface area (Å²) in [4.78, 5) is 48.7. The molecule has 0 unspecified atom stereocenters. The third kappa shape index (κ3) is 10.5. The topological polar surface area (TPSA) is 171 Å². The molecule has 0 saturated heterocycles. The van der Waals surface area contributed by atoms with Gasteiger partial charge in [-0.15, -0.1) is 0 Å². The number of nitrogens with two attached hydrogens (primary N) is 1. The first-order valence-corrected chi connectivity index (χ1v) is 11.0.